The molecule has 28 nitrogen and oxygen atoms in total. The molecule has 0 spiro atoms. The van der Waals surface area contributed by atoms with Crippen molar-refractivity contribution in [1.82, 2.24) is 38.5 Å². The first-order valence-electron chi connectivity index (χ1n) is 23.0. The lowest BCUT2D eigenvalue weighted by Gasteiger charge is -2.16. The van der Waals surface area contributed by atoms with Gasteiger partial charge < -0.3 is 61.1 Å². The van der Waals surface area contributed by atoms with Gasteiger partial charge in [-0.25, -0.2) is 23.1 Å². The molecule has 10 N–H and O–H groups in total. The van der Waals surface area contributed by atoms with E-state index >= 15 is 0 Å². The monoisotopic (exact) mass is 1040 g/mol. The first-order valence-corrected chi connectivity index (χ1v) is 23.0. The Hall–Kier alpha value is -10.2. The molecule has 0 bridgehead atoms. The van der Waals surface area contributed by atoms with Crippen LogP contribution in [0.4, 0.5) is 45.5 Å². The summed E-state index contributed by atoms with van der Waals surface area (Å²) in [6.07, 6.45) is 9.98. The maximum Gasteiger partial charge on any atom is 0.299 e. The predicted octanol–water partition coefficient (Wildman–Crippen LogP) is 4.70. The number of nitrogens with zero attached hydrogens (tertiary/aromatic N) is 11. The number of aromatic nitrogens is 8. The number of nitrogens with two attached hydrogens (primary N) is 1. The highest BCUT2D eigenvalue weighted by atomic mass is 16.6. The Balaban J connectivity index is 0.000000187. The molecule has 76 heavy (non-hydrogen) atoms. The number of pyridine rings is 4. The molecule has 1 aliphatic rings. The van der Waals surface area contributed by atoms with E-state index in [9.17, 15) is 40.7 Å². The number of hydrogen-bond acceptors (Lipinski definition) is 22. The lowest BCUT2D eigenvalue weighted by Crippen LogP contribution is -2.22. The highest BCUT2D eigenvalue weighted by Gasteiger charge is 2.29. The number of aliphatic hydroxyl groups excluding tert-OH is 4. The first-order chi connectivity index (χ1) is 37.0. The molecule has 0 atom stereocenters. The third kappa shape index (κ3) is 10.7. The Morgan fingerprint density at radius 1 is 0.553 bits per heavy atom. The van der Waals surface area contributed by atoms with Crippen molar-refractivity contribution < 1.29 is 49.2 Å². The summed E-state index contributed by atoms with van der Waals surface area (Å²) in [6, 6.07) is 23.4. The molecule has 0 saturated heterocycles. The molecule has 28 heteroatoms. The van der Waals surface area contributed by atoms with Gasteiger partial charge in [0, 0.05) is 24.8 Å². The van der Waals surface area contributed by atoms with Gasteiger partial charge in [0.2, 0.25) is 0 Å². The number of fused-ring (bicyclic) bond motifs is 4. The van der Waals surface area contributed by atoms with E-state index in [0.717, 1.165) is 11.6 Å². The van der Waals surface area contributed by atoms with Gasteiger partial charge in [-0.05, 0) is 66.7 Å². The van der Waals surface area contributed by atoms with Crippen LogP contribution in [0.3, 0.4) is 0 Å². The molecular formula is C48H46N16O12. The maximum atomic E-state index is 12.0. The van der Waals surface area contributed by atoms with Crippen LogP contribution in [0, 0.1) is 25.6 Å². The highest BCUT2D eigenvalue weighted by Crippen LogP contribution is 2.43. The largest absolute Gasteiger partial charge is 0.473 e. The van der Waals surface area contributed by atoms with Crippen LogP contribution in [0.25, 0.3) is 22.1 Å². The normalized spacial score (nSPS) is 12.8. The minimum atomic E-state index is -0.746. The van der Waals surface area contributed by atoms with Crippen molar-refractivity contribution in [2.45, 2.75) is 0 Å². The number of aliphatic imine (C=N–C) groups is 1. The summed E-state index contributed by atoms with van der Waals surface area (Å²) >= 11 is 0. The van der Waals surface area contributed by atoms with Crippen LogP contribution >= 0.6 is 0 Å². The number of aliphatic hydroxyl groups is 4. The average Bonchev–Trinajstić information content (AvgIpc) is 4.17. The van der Waals surface area contributed by atoms with Crippen molar-refractivity contribution in [3.63, 3.8) is 0 Å². The molecule has 0 radical (unpaired) electrons. The van der Waals surface area contributed by atoms with Gasteiger partial charge in [0.05, 0.1) is 87.2 Å². The van der Waals surface area contributed by atoms with Gasteiger partial charge in [-0.15, -0.1) is 20.4 Å². The molecule has 0 saturated carbocycles. The summed E-state index contributed by atoms with van der Waals surface area (Å²) < 4.78 is 28.5. The number of rotatable bonds is 21. The van der Waals surface area contributed by atoms with Gasteiger partial charge in [0.1, 0.15) is 54.9 Å². The van der Waals surface area contributed by atoms with Crippen LogP contribution < -0.4 is 40.6 Å². The molecule has 0 unspecified atom stereocenters. The zero-order valence-corrected chi connectivity index (χ0v) is 39.8. The standard InChI is InChI=1S/C24H22N8O8.C24H24N8O4/c33-9-11-39-23-21(17-5-1-3-7-29(17)27-23)25-15-13-16(20(32(37)38)14-19(15)31(35)36)26-22-18-6-2-4-8-30(18)28-24(22)40-12-10-34;25-15-13-16(26)18(28-22-20-6-2-4-8-32(20)30-24(22)36-12-10-34)14-17(15)27-21-19-5-1-3-7-31(19)29-23(21)35-11-9-33/h1-8,13-14,25-26,33-34H,9-12H2;1-8,13-14,25,27,33-34H,9-12,26H2. The Kier molecular flexibility index (Phi) is 15.2. The maximum absolute atomic E-state index is 12.0. The number of nitro groups is 2. The third-order valence-electron chi connectivity index (χ3n) is 11.0. The zero-order valence-electron chi connectivity index (χ0n) is 39.8. The second-order valence-corrected chi connectivity index (χ2v) is 15.9. The SMILES string of the molecule is N=C1C=C(N)C(=Nc2c(OCCO)nn3ccccc23)C=C1Nc1c(OCCO)nn2ccccc12.O=[N+]([O-])c1cc([N+](=O)[O-])c(Nc2c(OCCO)nn3ccccc23)cc1Nc1c(OCCO)nn2ccccc12. The molecule has 0 fully saturated rings. The van der Waals surface area contributed by atoms with E-state index in [1.807, 2.05) is 36.4 Å². The van der Waals surface area contributed by atoms with Crippen molar-refractivity contribution in [3.05, 3.63) is 153 Å². The molecule has 0 amide bonds. The molecule has 8 heterocycles. The summed E-state index contributed by atoms with van der Waals surface area (Å²) in [5.41, 5.74) is 10.1. The van der Waals surface area contributed by atoms with Gasteiger partial charge >= 0.3 is 0 Å². The van der Waals surface area contributed by atoms with E-state index in [0.29, 0.717) is 45.0 Å². The number of anilines is 5. The van der Waals surface area contributed by atoms with Crippen molar-refractivity contribution in [2.75, 3.05) is 68.8 Å². The fraction of sp³-hybridized carbons (Fsp3) is 0.167. The van der Waals surface area contributed by atoms with Gasteiger partial charge in [0.25, 0.3) is 34.9 Å². The van der Waals surface area contributed by atoms with Crippen molar-refractivity contribution in [2.24, 2.45) is 10.7 Å². The smallest absolute Gasteiger partial charge is 0.299 e. The summed E-state index contributed by atoms with van der Waals surface area (Å²) in [6.45, 7) is -0.956. The summed E-state index contributed by atoms with van der Waals surface area (Å²) in [5.74, 6) is 0.656. The lowest BCUT2D eigenvalue weighted by molar-refractivity contribution is -0.393. The summed E-state index contributed by atoms with van der Waals surface area (Å²) in [5, 5.41) is 95.9. The second-order valence-electron chi connectivity index (χ2n) is 15.9. The number of allylic oxidation sites excluding steroid dienone is 2. The van der Waals surface area contributed by atoms with Crippen molar-refractivity contribution >= 4 is 79.0 Å². The molecule has 9 aromatic rings. The van der Waals surface area contributed by atoms with Gasteiger partial charge in [-0.1, -0.05) is 24.3 Å². The van der Waals surface area contributed by atoms with Crippen LogP contribution in [0.1, 0.15) is 0 Å². The van der Waals surface area contributed by atoms with Crippen LogP contribution in [0.15, 0.2) is 138 Å². The first kappa shape index (κ1) is 50.8. The number of nitro benzene ring substituents is 2. The van der Waals surface area contributed by atoms with Crippen molar-refractivity contribution in [1.29, 1.82) is 5.41 Å². The number of benzene rings is 1. The van der Waals surface area contributed by atoms with Crippen molar-refractivity contribution in [3.8, 4) is 23.5 Å². The lowest BCUT2D eigenvalue weighted by atomic mass is 10.0. The van der Waals surface area contributed by atoms with E-state index in [1.54, 1.807) is 76.3 Å². The van der Waals surface area contributed by atoms with E-state index in [-0.39, 0.29) is 105 Å². The molecule has 10 rings (SSSR count). The van der Waals surface area contributed by atoms with Crippen LogP contribution in [-0.2, 0) is 0 Å². The minimum absolute atomic E-state index is 0.0599. The second kappa shape index (κ2) is 22.7. The highest BCUT2D eigenvalue weighted by molar-refractivity contribution is 6.24. The van der Waals surface area contributed by atoms with E-state index < -0.39 is 21.2 Å². The Bertz CT molecular complexity index is 3610. The van der Waals surface area contributed by atoms with Crippen LogP contribution in [0.2, 0.25) is 0 Å². The molecule has 1 aromatic carbocycles. The molecule has 390 valence electrons. The average molecular weight is 1040 g/mol. The van der Waals surface area contributed by atoms with Crippen LogP contribution in [0.5, 0.6) is 23.5 Å². The zero-order chi connectivity index (χ0) is 53.3. The van der Waals surface area contributed by atoms with E-state index in [4.69, 9.17) is 35.1 Å². The minimum Gasteiger partial charge on any atom is -0.473 e. The van der Waals surface area contributed by atoms with Gasteiger partial charge in [0.15, 0.2) is 5.69 Å². The fourth-order valence-electron chi connectivity index (χ4n) is 7.73. The quantitative estimate of drug-likeness (QED) is 0.0267. The Morgan fingerprint density at radius 2 is 0.934 bits per heavy atom. The topological polar surface area (TPSA) is 372 Å². The predicted molar refractivity (Wildman–Crippen MR) is 276 cm³/mol. The number of ether oxygens (including phenoxy) is 4. The van der Waals surface area contributed by atoms with E-state index in [1.165, 1.54) is 21.2 Å². The molecule has 8 aromatic heterocycles. The third-order valence-corrected chi connectivity index (χ3v) is 11.0. The molecular weight excluding hydrogens is 993 g/mol. The molecule has 0 aliphatic heterocycles. The fourth-order valence-corrected chi connectivity index (χ4v) is 7.73. The van der Waals surface area contributed by atoms with Gasteiger partial charge in [-0.2, -0.15) is 0 Å². The molecule has 1 aliphatic carbocycles. The number of nitrogens with one attached hydrogen (secondary N) is 4. The van der Waals surface area contributed by atoms with E-state index in [2.05, 4.69) is 36.3 Å². The summed E-state index contributed by atoms with van der Waals surface area (Å²) in [7, 11) is 0. The number of hydrogen-bond donors (Lipinski definition) is 9. The van der Waals surface area contributed by atoms with Gasteiger partial charge in [-0.3, -0.25) is 25.6 Å². The van der Waals surface area contributed by atoms with Crippen LogP contribution in [-0.4, -0.2) is 133 Å². The summed E-state index contributed by atoms with van der Waals surface area (Å²) in [4.78, 5) is 27.2. The Labute approximate surface area is 427 Å². The Morgan fingerprint density at radius 3 is 1.36 bits per heavy atom.